The molecular formula is C40H54N2O8. The number of benzene rings is 2. The standard InChI is InChI=1S/C40H54N2O8/c1-39(2,3)49-37(45)41-25-13-9-11-15-29-19-23-32(24-20-29)28-34(36(44)48-8)42(38(46)50-40(4,5)6)26-14-10-12-16-30-17-21-31(22-18-30)27-33(41)35(43)47-7/h17-24,27-28H,9-16,25-26H2,1-8H3/b33-27-,34-28-. The summed E-state index contributed by atoms with van der Waals surface area (Å²) in [6.07, 6.45) is 8.24. The first-order valence-electron chi connectivity index (χ1n) is 17.4. The summed E-state index contributed by atoms with van der Waals surface area (Å²) < 4.78 is 21.6. The van der Waals surface area contributed by atoms with Gasteiger partial charge in [0.2, 0.25) is 0 Å². The minimum Gasteiger partial charge on any atom is -0.464 e. The summed E-state index contributed by atoms with van der Waals surface area (Å²) in [6, 6.07) is 15.6. The van der Waals surface area contributed by atoms with Crippen molar-refractivity contribution < 1.29 is 38.1 Å². The monoisotopic (exact) mass is 690 g/mol. The van der Waals surface area contributed by atoms with Crippen LogP contribution in [0.4, 0.5) is 9.59 Å². The van der Waals surface area contributed by atoms with Gasteiger partial charge in [0.05, 0.1) is 14.2 Å². The fourth-order valence-corrected chi connectivity index (χ4v) is 5.39. The SMILES string of the molecule is COC(=O)/C1=C/c2ccc(cc2)CCCCCN(C(=O)OC(C)(C)C)/C(C(=O)OC)=C\c2ccc(cc2)CCCCCN1C(=O)OC(C)(C)C. The lowest BCUT2D eigenvalue weighted by Gasteiger charge is -2.28. The first kappa shape index (κ1) is 39.8. The highest BCUT2D eigenvalue weighted by molar-refractivity contribution is 5.97. The molecule has 0 aromatic heterocycles. The average molecular weight is 691 g/mol. The molecule has 0 spiro atoms. The second-order valence-corrected chi connectivity index (χ2v) is 14.4. The highest BCUT2D eigenvalue weighted by atomic mass is 16.6. The highest BCUT2D eigenvalue weighted by Crippen LogP contribution is 2.23. The zero-order valence-electron chi connectivity index (χ0n) is 31.0. The summed E-state index contributed by atoms with van der Waals surface area (Å²) in [6.45, 7) is 11.3. The van der Waals surface area contributed by atoms with Crippen molar-refractivity contribution in [2.24, 2.45) is 0 Å². The third-order valence-corrected chi connectivity index (χ3v) is 7.86. The number of carbonyl (C=O) groups is 4. The molecule has 10 heteroatoms. The molecule has 6 rings (SSSR count). The van der Waals surface area contributed by atoms with E-state index in [0.29, 0.717) is 12.8 Å². The van der Waals surface area contributed by atoms with Crippen molar-refractivity contribution >= 4 is 36.3 Å². The number of ether oxygens (including phenoxy) is 4. The Hall–Kier alpha value is -4.60. The number of amides is 2. The number of carbonyl (C=O) groups excluding carboxylic acids is 4. The van der Waals surface area contributed by atoms with Crippen LogP contribution in [0.15, 0.2) is 59.9 Å². The van der Waals surface area contributed by atoms with Crippen molar-refractivity contribution in [2.75, 3.05) is 27.3 Å². The molecule has 0 N–H and O–H groups in total. The van der Waals surface area contributed by atoms with Gasteiger partial charge in [0.1, 0.15) is 22.6 Å². The number of esters is 2. The molecule has 0 fully saturated rings. The van der Waals surface area contributed by atoms with Gasteiger partial charge in [0.15, 0.2) is 0 Å². The zero-order chi connectivity index (χ0) is 36.9. The molecule has 0 saturated heterocycles. The van der Waals surface area contributed by atoms with Crippen molar-refractivity contribution in [2.45, 2.75) is 104 Å². The molecule has 0 atom stereocenters. The van der Waals surface area contributed by atoms with E-state index in [9.17, 15) is 19.2 Å². The van der Waals surface area contributed by atoms with Gasteiger partial charge in [-0.05, 0) is 114 Å². The van der Waals surface area contributed by atoms with E-state index in [2.05, 4.69) is 0 Å². The molecule has 50 heavy (non-hydrogen) atoms. The maximum atomic E-state index is 13.4. The fraction of sp³-hybridized carbons (Fsp3) is 0.500. The van der Waals surface area contributed by atoms with E-state index in [1.165, 1.54) is 24.0 Å². The molecule has 2 aromatic carbocycles. The van der Waals surface area contributed by atoms with Crippen molar-refractivity contribution in [1.29, 1.82) is 0 Å². The summed E-state index contributed by atoms with van der Waals surface area (Å²) in [4.78, 5) is 55.6. The van der Waals surface area contributed by atoms with E-state index in [4.69, 9.17) is 18.9 Å². The number of aryl methyl sites for hydroxylation is 2. The third-order valence-electron chi connectivity index (χ3n) is 7.86. The number of nitrogens with zero attached hydrogens (tertiary/aromatic N) is 2. The average Bonchev–Trinajstić information content (AvgIpc) is 3.04. The van der Waals surface area contributed by atoms with Crippen LogP contribution in [0, 0.1) is 0 Å². The predicted octanol–water partition coefficient (Wildman–Crippen LogP) is 8.33. The summed E-state index contributed by atoms with van der Waals surface area (Å²) in [5, 5.41) is 0. The number of hydrogen-bond donors (Lipinski definition) is 0. The molecule has 0 unspecified atom stereocenters. The van der Waals surface area contributed by atoms with Gasteiger partial charge >= 0.3 is 24.1 Å². The van der Waals surface area contributed by atoms with Gasteiger partial charge in [-0.2, -0.15) is 0 Å². The van der Waals surface area contributed by atoms with Gasteiger partial charge in [-0.3, -0.25) is 9.80 Å². The Labute approximate surface area is 297 Å². The quantitative estimate of drug-likeness (QED) is 0.229. The van der Waals surface area contributed by atoms with E-state index in [1.54, 1.807) is 53.7 Å². The summed E-state index contributed by atoms with van der Waals surface area (Å²) >= 11 is 0. The molecule has 4 heterocycles. The molecular weight excluding hydrogens is 636 g/mol. The molecule has 2 aromatic rings. The Morgan fingerprint density at radius 2 is 0.860 bits per heavy atom. The number of methoxy groups -OCH3 is 2. The first-order chi connectivity index (χ1) is 23.6. The molecule has 0 aliphatic carbocycles. The smallest absolute Gasteiger partial charge is 0.415 e. The maximum Gasteiger partial charge on any atom is 0.415 e. The van der Waals surface area contributed by atoms with Crippen LogP contribution < -0.4 is 0 Å². The third kappa shape index (κ3) is 13.0. The first-order valence-corrected chi connectivity index (χ1v) is 17.4. The van der Waals surface area contributed by atoms with Crippen molar-refractivity contribution in [1.82, 2.24) is 9.80 Å². The molecule has 10 nitrogen and oxygen atoms in total. The Kier molecular flexibility index (Phi) is 14.7. The van der Waals surface area contributed by atoms with E-state index < -0.39 is 35.3 Å². The Morgan fingerprint density at radius 3 is 1.16 bits per heavy atom. The van der Waals surface area contributed by atoms with Gasteiger partial charge in [-0.25, -0.2) is 19.2 Å². The lowest BCUT2D eigenvalue weighted by atomic mass is 10.0. The normalized spacial score (nSPS) is 17.8. The zero-order valence-corrected chi connectivity index (χ0v) is 31.0. The molecule has 272 valence electrons. The van der Waals surface area contributed by atoms with Crippen LogP contribution in [-0.2, 0) is 41.4 Å². The van der Waals surface area contributed by atoms with Gasteiger partial charge in [-0.15, -0.1) is 0 Å². The lowest BCUT2D eigenvalue weighted by Crippen LogP contribution is -2.39. The topological polar surface area (TPSA) is 112 Å². The van der Waals surface area contributed by atoms with Crippen LogP contribution in [0.2, 0.25) is 0 Å². The van der Waals surface area contributed by atoms with Crippen LogP contribution >= 0.6 is 0 Å². The molecule has 0 radical (unpaired) electrons. The van der Waals surface area contributed by atoms with Crippen molar-refractivity contribution in [3.05, 3.63) is 82.2 Å². The highest BCUT2D eigenvalue weighted by Gasteiger charge is 2.30. The number of rotatable bonds is 2. The minimum atomic E-state index is -0.744. The molecule has 4 bridgehead atoms. The van der Waals surface area contributed by atoms with Crippen LogP contribution in [0.5, 0.6) is 0 Å². The molecule has 0 saturated carbocycles. The van der Waals surface area contributed by atoms with Crippen molar-refractivity contribution in [3.8, 4) is 0 Å². The largest absolute Gasteiger partial charge is 0.464 e. The van der Waals surface area contributed by atoms with Crippen LogP contribution in [0.25, 0.3) is 12.2 Å². The van der Waals surface area contributed by atoms with E-state index in [-0.39, 0.29) is 24.5 Å². The Morgan fingerprint density at radius 1 is 0.520 bits per heavy atom. The Bertz CT molecular complexity index is 1400. The van der Waals surface area contributed by atoms with Crippen LogP contribution in [0.3, 0.4) is 0 Å². The summed E-state index contributed by atoms with van der Waals surface area (Å²) in [5.41, 5.74) is 2.44. The Balaban J connectivity index is 1.96. The van der Waals surface area contributed by atoms with Crippen LogP contribution in [-0.4, -0.2) is 72.4 Å². The van der Waals surface area contributed by atoms with E-state index in [0.717, 1.165) is 60.8 Å². The number of hydrogen-bond acceptors (Lipinski definition) is 8. The second kappa shape index (κ2) is 18.4. The summed E-state index contributed by atoms with van der Waals surface area (Å²) in [7, 11) is 2.60. The van der Waals surface area contributed by atoms with E-state index >= 15 is 0 Å². The van der Waals surface area contributed by atoms with Gasteiger partial charge in [0, 0.05) is 13.1 Å². The van der Waals surface area contributed by atoms with Gasteiger partial charge < -0.3 is 18.9 Å². The second-order valence-electron chi connectivity index (χ2n) is 14.4. The lowest BCUT2D eigenvalue weighted by molar-refractivity contribution is -0.138. The fourth-order valence-electron chi connectivity index (χ4n) is 5.39. The van der Waals surface area contributed by atoms with Gasteiger partial charge in [0.25, 0.3) is 0 Å². The molecule has 4 aliphatic heterocycles. The summed E-state index contributed by atoms with van der Waals surface area (Å²) in [5.74, 6) is -1.24. The van der Waals surface area contributed by atoms with Crippen LogP contribution in [0.1, 0.15) is 102 Å². The maximum absolute atomic E-state index is 13.4. The van der Waals surface area contributed by atoms with E-state index in [1.807, 2.05) is 48.5 Å². The van der Waals surface area contributed by atoms with Crippen molar-refractivity contribution in [3.63, 3.8) is 0 Å². The molecule has 2 amide bonds. The predicted molar refractivity (Wildman–Crippen MR) is 194 cm³/mol. The van der Waals surface area contributed by atoms with Gasteiger partial charge in [-0.1, -0.05) is 61.4 Å². The minimum absolute atomic E-state index is 0.119. The molecule has 4 aliphatic rings.